The van der Waals surface area contributed by atoms with Crippen molar-refractivity contribution < 1.29 is 45.6 Å². The van der Waals surface area contributed by atoms with E-state index in [4.69, 9.17) is 9.84 Å². The molecule has 1 atom stereocenters. The molecule has 0 aromatic heterocycles. The van der Waals surface area contributed by atoms with Crippen LogP contribution in [0.3, 0.4) is 0 Å². The molecular formula is C23H29NaO3. The zero-order valence-corrected chi connectivity index (χ0v) is 18.6. The third-order valence-electron chi connectivity index (χ3n) is 5.69. The van der Waals surface area contributed by atoms with Crippen molar-refractivity contribution in [3.05, 3.63) is 41.5 Å². The van der Waals surface area contributed by atoms with E-state index in [2.05, 4.69) is 17.9 Å². The van der Waals surface area contributed by atoms with E-state index in [9.17, 15) is 4.79 Å². The van der Waals surface area contributed by atoms with Crippen molar-refractivity contribution in [2.24, 2.45) is 5.41 Å². The predicted octanol–water partition coefficient (Wildman–Crippen LogP) is 2.43. The third-order valence-corrected chi connectivity index (χ3v) is 5.69. The number of ether oxygens (including phenoxy) is 1. The van der Waals surface area contributed by atoms with Crippen LogP contribution in [-0.2, 0) is 4.79 Å². The maximum absolute atomic E-state index is 11.0. The Bertz CT molecular complexity index is 724. The summed E-state index contributed by atoms with van der Waals surface area (Å²) in [5.74, 6) is 5.54. The van der Waals surface area contributed by atoms with Gasteiger partial charge in [-0.05, 0) is 67.7 Å². The van der Waals surface area contributed by atoms with Gasteiger partial charge in [-0.3, -0.25) is 4.79 Å². The molecule has 1 fully saturated rings. The normalized spacial score (nSPS) is 18.6. The minimum Gasteiger partial charge on any atom is -1.00 e. The predicted molar refractivity (Wildman–Crippen MR) is 104 cm³/mol. The second-order valence-corrected chi connectivity index (χ2v) is 7.63. The van der Waals surface area contributed by atoms with Crippen molar-refractivity contribution in [2.45, 2.75) is 64.2 Å². The van der Waals surface area contributed by atoms with E-state index < -0.39 is 5.97 Å². The molecule has 1 saturated carbocycles. The van der Waals surface area contributed by atoms with Crippen LogP contribution in [0.2, 0.25) is 0 Å². The Morgan fingerprint density at radius 3 is 2.52 bits per heavy atom. The fourth-order valence-electron chi connectivity index (χ4n) is 4.41. The van der Waals surface area contributed by atoms with E-state index in [1.807, 2.05) is 24.3 Å². The van der Waals surface area contributed by atoms with Gasteiger partial charge in [0.15, 0.2) is 0 Å². The van der Waals surface area contributed by atoms with Crippen LogP contribution in [0.4, 0.5) is 0 Å². The van der Waals surface area contributed by atoms with Gasteiger partial charge in [-0.15, -0.1) is 5.92 Å². The van der Waals surface area contributed by atoms with Gasteiger partial charge in [0.1, 0.15) is 12.4 Å². The van der Waals surface area contributed by atoms with Crippen LogP contribution >= 0.6 is 0 Å². The van der Waals surface area contributed by atoms with Gasteiger partial charge in [0.2, 0.25) is 0 Å². The quantitative estimate of drug-likeness (QED) is 0.471. The first-order chi connectivity index (χ1) is 12.6. The number of carboxylic acids is 1. The summed E-state index contributed by atoms with van der Waals surface area (Å²) < 4.78 is 6.00. The van der Waals surface area contributed by atoms with E-state index >= 15 is 0 Å². The summed E-state index contributed by atoms with van der Waals surface area (Å²) in [6, 6.07) is 7.72. The summed E-state index contributed by atoms with van der Waals surface area (Å²) in [5.41, 5.74) is 2.82. The van der Waals surface area contributed by atoms with Crippen LogP contribution < -0.4 is 34.3 Å². The fraction of sp³-hybridized carbons (Fsp3) is 0.522. The van der Waals surface area contributed by atoms with E-state index in [0.29, 0.717) is 12.0 Å². The van der Waals surface area contributed by atoms with E-state index in [0.717, 1.165) is 17.7 Å². The first-order valence-corrected chi connectivity index (χ1v) is 9.68. The molecule has 1 N–H and O–H groups in total. The first-order valence-electron chi connectivity index (χ1n) is 9.68. The van der Waals surface area contributed by atoms with Gasteiger partial charge >= 0.3 is 35.5 Å². The van der Waals surface area contributed by atoms with Gasteiger partial charge in [0.05, 0.1) is 12.3 Å². The van der Waals surface area contributed by atoms with E-state index in [1.165, 1.54) is 44.1 Å². The molecule has 3 nitrogen and oxygen atoms in total. The van der Waals surface area contributed by atoms with E-state index in [1.54, 1.807) is 6.92 Å². The first kappa shape index (κ1) is 22.1. The minimum absolute atomic E-state index is 0. The summed E-state index contributed by atoms with van der Waals surface area (Å²) in [6.45, 7) is 2.40. The molecule has 0 saturated heterocycles. The van der Waals surface area contributed by atoms with Crippen molar-refractivity contribution in [1.82, 2.24) is 0 Å². The maximum atomic E-state index is 11.0. The number of benzene rings is 1. The second kappa shape index (κ2) is 10.4. The van der Waals surface area contributed by atoms with Crippen LogP contribution in [0.15, 0.2) is 35.9 Å². The summed E-state index contributed by atoms with van der Waals surface area (Å²) in [7, 11) is 0. The average molecular weight is 376 g/mol. The van der Waals surface area contributed by atoms with Crippen molar-refractivity contribution >= 4 is 5.97 Å². The van der Waals surface area contributed by atoms with Crippen LogP contribution in [0.25, 0.3) is 0 Å². The summed E-state index contributed by atoms with van der Waals surface area (Å²) >= 11 is 0. The van der Waals surface area contributed by atoms with Crippen molar-refractivity contribution in [3.63, 3.8) is 0 Å². The molecule has 1 aromatic carbocycles. The molecule has 1 aromatic rings. The van der Waals surface area contributed by atoms with E-state index in [-0.39, 0.29) is 43.3 Å². The Morgan fingerprint density at radius 1 is 1.22 bits per heavy atom. The summed E-state index contributed by atoms with van der Waals surface area (Å²) in [4.78, 5) is 11.0. The third kappa shape index (κ3) is 6.14. The average Bonchev–Trinajstić information content (AvgIpc) is 3.07. The van der Waals surface area contributed by atoms with Crippen LogP contribution in [-0.4, -0.2) is 17.7 Å². The van der Waals surface area contributed by atoms with Crippen LogP contribution in [0, 0.1) is 17.3 Å². The Labute approximate surface area is 186 Å². The van der Waals surface area contributed by atoms with Crippen LogP contribution in [0.5, 0.6) is 5.75 Å². The van der Waals surface area contributed by atoms with Gasteiger partial charge < -0.3 is 11.3 Å². The number of hydrogen-bond donors (Lipinski definition) is 1. The largest absolute Gasteiger partial charge is 1.00 e. The van der Waals surface area contributed by atoms with Gasteiger partial charge in [-0.25, -0.2) is 0 Å². The zero-order valence-electron chi connectivity index (χ0n) is 17.6. The molecule has 0 amide bonds. The minimum atomic E-state index is -0.830. The zero-order chi connectivity index (χ0) is 18.4. The molecule has 3 rings (SSSR count). The molecule has 4 heteroatoms. The molecule has 140 valence electrons. The SMILES string of the molecule is CC#CC(CC(=O)O)c1ccc(OCC2=CC3(CCCC3)CCC2)cc1.[H-].[Na+]. The summed E-state index contributed by atoms with van der Waals surface area (Å²) in [6.07, 6.45) is 11.7. The van der Waals surface area contributed by atoms with Gasteiger partial charge in [0.25, 0.3) is 0 Å². The Morgan fingerprint density at radius 2 is 1.89 bits per heavy atom. The Balaban J connectivity index is 0.00000196. The van der Waals surface area contributed by atoms with Crippen molar-refractivity contribution in [3.8, 4) is 17.6 Å². The van der Waals surface area contributed by atoms with Crippen molar-refractivity contribution in [1.29, 1.82) is 0 Å². The van der Waals surface area contributed by atoms with Gasteiger partial charge in [-0.1, -0.05) is 37.0 Å². The number of rotatable bonds is 6. The Kier molecular flexibility index (Phi) is 8.48. The fourth-order valence-corrected chi connectivity index (χ4v) is 4.41. The van der Waals surface area contributed by atoms with Crippen molar-refractivity contribution in [2.75, 3.05) is 6.61 Å². The molecule has 1 spiro atoms. The van der Waals surface area contributed by atoms with Gasteiger partial charge in [0, 0.05) is 0 Å². The number of aliphatic carboxylic acids is 1. The number of hydrogen-bond acceptors (Lipinski definition) is 2. The summed E-state index contributed by atoms with van der Waals surface area (Å²) in [5, 5.41) is 9.04. The van der Waals surface area contributed by atoms with Crippen LogP contribution in [0.1, 0.15) is 71.2 Å². The standard InChI is InChI=1S/C23H28O3.Na.H/c1-2-6-20(15-22(24)25)19-8-10-21(11-9-19)26-17-18-7-5-14-23(16-18)12-3-4-13-23;;/h8-11,16,20H,3-5,7,12-15,17H2,1H3,(H,24,25);;/q;+1;-1. The maximum Gasteiger partial charge on any atom is 1.00 e. The number of carbonyl (C=O) groups is 1. The molecule has 0 heterocycles. The smallest absolute Gasteiger partial charge is 1.00 e. The molecule has 27 heavy (non-hydrogen) atoms. The number of allylic oxidation sites excluding steroid dienone is 1. The topological polar surface area (TPSA) is 46.5 Å². The number of carboxylic acid groups (broad SMARTS) is 1. The molecule has 1 unspecified atom stereocenters. The second-order valence-electron chi connectivity index (χ2n) is 7.63. The molecule has 0 radical (unpaired) electrons. The molecule has 2 aliphatic rings. The molecule has 0 bridgehead atoms. The Hall–Kier alpha value is -1.21. The molecular weight excluding hydrogens is 347 g/mol. The molecule has 0 aliphatic heterocycles. The molecule has 2 aliphatic carbocycles. The monoisotopic (exact) mass is 376 g/mol. The van der Waals surface area contributed by atoms with Gasteiger partial charge in [-0.2, -0.15) is 0 Å².